The molecule has 1 unspecified atom stereocenters. The van der Waals surface area contributed by atoms with Crippen molar-refractivity contribution in [3.05, 3.63) is 24.2 Å². The first-order valence-electron chi connectivity index (χ1n) is 9.66. The highest BCUT2D eigenvalue weighted by atomic mass is 32.2. The van der Waals surface area contributed by atoms with Crippen LogP contribution in [0, 0.1) is 0 Å². The van der Waals surface area contributed by atoms with E-state index in [9.17, 15) is 0 Å². The van der Waals surface area contributed by atoms with E-state index in [0.717, 1.165) is 50.2 Å². The summed E-state index contributed by atoms with van der Waals surface area (Å²) in [5.74, 6) is 3.06. The lowest BCUT2D eigenvalue weighted by molar-refractivity contribution is 0.0952. The average Bonchev–Trinajstić information content (AvgIpc) is 3.53. The monoisotopic (exact) mass is 402 g/mol. The van der Waals surface area contributed by atoms with E-state index >= 15 is 0 Å². The number of hydrogen-bond acceptors (Lipinski definition) is 9. The maximum absolute atomic E-state index is 5.85. The SMILES string of the molecule is c1coc(-c2nc(CSc3nnc(N4CCCC4)n3CC3CCCO3)no2)c1. The highest BCUT2D eigenvalue weighted by Crippen LogP contribution is 2.29. The van der Waals surface area contributed by atoms with Crippen LogP contribution in [0.15, 0.2) is 32.5 Å². The predicted octanol–water partition coefficient (Wildman–Crippen LogP) is 2.99. The quantitative estimate of drug-likeness (QED) is 0.553. The summed E-state index contributed by atoms with van der Waals surface area (Å²) in [7, 11) is 0. The van der Waals surface area contributed by atoms with Gasteiger partial charge in [0, 0.05) is 19.7 Å². The van der Waals surface area contributed by atoms with Gasteiger partial charge >= 0.3 is 0 Å². The second kappa shape index (κ2) is 7.96. The molecule has 10 heteroatoms. The number of rotatable bonds is 7. The van der Waals surface area contributed by atoms with Crippen molar-refractivity contribution in [1.29, 1.82) is 0 Å². The van der Waals surface area contributed by atoms with Gasteiger partial charge in [-0.2, -0.15) is 4.98 Å². The summed E-state index contributed by atoms with van der Waals surface area (Å²) in [6.07, 6.45) is 6.42. The lowest BCUT2D eigenvalue weighted by atomic mass is 10.2. The standard InChI is InChI=1S/C18H22N6O3S/c1-2-8-23(7-1)17-20-21-18(24(17)11-13-5-3-9-25-13)28-12-15-19-16(27-22-15)14-6-4-10-26-14/h4,6,10,13H,1-3,5,7-9,11-12H2. The molecule has 0 aliphatic carbocycles. The van der Waals surface area contributed by atoms with Crippen LogP contribution < -0.4 is 4.90 Å². The number of anilines is 1. The van der Waals surface area contributed by atoms with Crippen LogP contribution in [0.25, 0.3) is 11.7 Å². The van der Waals surface area contributed by atoms with Gasteiger partial charge in [0.2, 0.25) is 5.95 Å². The molecule has 0 aromatic carbocycles. The minimum Gasteiger partial charge on any atom is -0.459 e. The molecule has 2 saturated heterocycles. The summed E-state index contributed by atoms with van der Waals surface area (Å²) >= 11 is 1.57. The minimum absolute atomic E-state index is 0.229. The molecule has 0 N–H and O–H groups in total. The third-order valence-electron chi connectivity index (χ3n) is 5.03. The van der Waals surface area contributed by atoms with Gasteiger partial charge in [0.1, 0.15) is 0 Å². The highest BCUT2D eigenvalue weighted by Gasteiger charge is 2.25. The Hall–Kier alpha value is -2.33. The Morgan fingerprint density at radius 2 is 2.11 bits per heavy atom. The molecule has 3 aromatic rings. The topological polar surface area (TPSA) is 95.2 Å². The van der Waals surface area contributed by atoms with Gasteiger partial charge in [0.25, 0.3) is 5.89 Å². The van der Waals surface area contributed by atoms with Crippen molar-refractivity contribution in [3.8, 4) is 11.7 Å². The Kier molecular flexibility index (Phi) is 5.05. The molecule has 5 rings (SSSR count). The van der Waals surface area contributed by atoms with E-state index < -0.39 is 0 Å². The maximum Gasteiger partial charge on any atom is 0.293 e. The molecular formula is C18H22N6O3S. The van der Waals surface area contributed by atoms with Gasteiger partial charge in [-0.15, -0.1) is 10.2 Å². The predicted molar refractivity (Wildman–Crippen MR) is 102 cm³/mol. The summed E-state index contributed by atoms with van der Waals surface area (Å²) in [5, 5.41) is 13.8. The van der Waals surface area contributed by atoms with Gasteiger partial charge in [0.05, 0.1) is 24.7 Å². The largest absolute Gasteiger partial charge is 0.459 e. The summed E-state index contributed by atoms with van der Waals surface area (Å²) in [4.78, 5) is 6.71. The van der Waals surface area contributed by atoms with Crippen molar-refractivity contribution in [2.45, 2.75) is 49.2 Å². The normalized spacial score (nSPS) is 19.7. The van der Waals surface area contributed by atoms with Crippen molar-refractivity contribution in [3.63, 3.8) is 0 Å². The molecule has 0 radical (unpaired) electrons. The molecule has 0 bridgehead atoms. The lowest BCUT2D eigenvalue weighted by Crippen LogP contribution is -2.25. The van der Waals surface area contributed by atoms with E-state index in [2.05, 4.69) is 29.8 Å². The minimum atomic E-state index is 0.229. The molecule has 2 aliphatic rings. The molecule has 148 valence electrons. The van der Waals surface area contributed by atoms with E-state index in [1.54, 1.807) is 30.2 Å². The molecule has 2 aliphatic heterocycles. The van der Waals surface area contributed by atoms with Crippen LogP contribution in [-0.4, -0.2) is 50.7 Å². The summed E-state index contributed by atoms with van der Waals surface area (Å²) in [5.41, 5.74) is 0. The Morgan fingerprint density at radius 3 is 2.89 bits per heavy atom. The smallest absolute Gasteiger partial charge is 0.293 e. The highest BCUT2D eigenvalue weighted by molar-refractivity contribution is 7.98. The van der Waals surface area contributed by atoms with E-state index in [1.165, 1.54) is 12.8 Å². The molecular weight excluding hydrogens is 380 g/mol. The molecule has 2 fully saturated rings. The first kappa shape index (κ1) is 17.7. The summed E-state index contributed by atoms with van der Waals surface area (Å²) in [6.45, 7) is 3.69. The third kappa shape index (κ3) is 3.66. The van der Waals surface area contributed by atoms with E-state index in [-0.39, 0.29) is 6.10 Å². The van der Waals surface area contributed by atoms with Crippen molar-refractivity contribution in [1.82, 2.24) is 24.9 Å². The molecule has 28 heavy (non-hydrogen) atoms. The molecule has 5 heterocycles. The van der Waals surface area contributed by atoms with Gasteiger partial charge in [-0.1, -0.05) is 16.9 Å². The number of furan rings is 1. The van der Waals surface area contributed by atoms with Crippen LogP contribution in [0.4, 0.5) is 5.95 Å². The zero-order valence-electron chi connectivity index (χ0n) is 15.5. The Bertz CT molecular complexity index is 896. The molecule has 9 nitrogen and oxygen atoms in total. The van der Waals surface area contributed by atoms with Crippen LogP contribution in [0.1, 0.15) is 31.5 Å². The number of aromatic nitrogens is 5. The van der Waals surface area contributed by atoms with E-state index in [0.29, 0.717) is 23.2 Å². The molecule has 3 aromatic heterocycles. The lowest BCUT2D eigenvalue weighted by Gasteiger charge is -2.20. The fourth-order valence-electron chi connectivity index (χ4n) is 3.63. The number of hydrogen-bond donors (Lipinski definition) is 0. The first-order chi connectivity index (χ1) is 13.9. The second-order valence-electron chi connectivity index (χ2n) is 7.00. The van der Waals surface area contributed by atoms with Crippen molar-refractivity contribution in [2.24, 2.45) is 0 Å². The summed E-state index contributed by atoms with van der Waals surface area (Å²) < 4.78 is 18.6. The Balaban J connectivity index is 1.32. The second-order valence-corrected chi connectivity index (χ2v) is 7.95. The molecule has 0 amide bonds. The van der Waals surface area contributed by atoms with E-state index in [1.807, 2.05) is 0 Å². The molecule has 0 spiro atoms. The van der Waals surface area contributed by atoms with Gasteiger partial charge in [-0.3, -0.25) is 4.57 Å². The van der Waals surface area contributed by atoms with Crippen LogP contribution in [0.3, 0.4) is 0 Å². The van der Waals surface area contributed by atoms with Gasteiger partial charge < -0.3 is 18.6 Å². The zero-order chi connectivity index (χ0) is 18.8. The maximum atomic E-state index is 5.85. The van der Waals surface area contributed by atoms with Crippen LogP contribution in [-0.2, 0) is 17.0 Å². The number of thioether (sulfide) groups is 1. The van der Waals surface area contributed by atoms with Crippen LogP contribution >= 0.6 is 11.8 Å². The van der Waals surface area contributed by atoms with Crippen LogP contribution in [0.5, 0.6) is 0 Å². The van der Waals surface area contributed by atoms with Crippen LogP contribution in [0.2, 0.25) is 0 Å². The number of ether oxygens (including phenoxy) is 1. The molecule has 0 saturated carbocycles. The summed E-state index contributed by atoms with van der Waals surface area (Å²) in [6, 6.07) is 3.59. The fourth-order valence-corrected chi connectivity index (χ4v) is 4.42. The Labute approximate surface area is 166 Å². The fraction of sp³-hybridized carbons (Fsp3) is 0.556. The van der Waals surface area contributed by atoms with E-state index in [4.69, 9.17) is 13.7 Å². The third-order valence-corrected chi connectivity index (χ3v) is 5.99. The van der Waals surface area contributed by atoms with Gasteiger partial charge in [-0.25, -0.2) is 0 Å². The van der Waals surface area contributed by atoms with Crippen molar-refractivity contribution < 1.29 is 13.7 Å². The Morgan fingerprint density at radius 1 is 1.18 bits per heavy atom. The zero-order valence-corrected chi connectivity index (χ0v) is 16.3. The first-order valence-corrected chi connectivity index (χ1v) is 10.6. The average molecular weight is 402 g/mol. The molecule has 1 atom stereocenters. The number of nitrogens with zero attached hydrogens (tertiary/aromatic N) is 6. The van der Waals surface area contributed by atoms with Crippen molar-refractivity contribution >= 4 is 17.7 Å². The van der Waals surface area contributed by atoms with Crippen molar-refractivity contribution in [2.75, 3.05) is 24.6 Å². The van der Waals surface area contributed by atoms with Gasteiger partial charge in [-0.05, 0) is 37.8 Å². The van der Waals surface area contributed by atoms with Gasteiger partial charge in [0.15, 0.2) is 16.7 Å².